The molecule has 1 unspecified atom stereocenters. The van der Waals surface area contributed by atoms with Crippen molar-refractivity contribution in [3.63, 3.8) is 0 Å². The summed E-state index contributed by atoms with van der Waals surface area (Å²) in [5.74, 6) is -0.701. The number of methoxy groups -OCH3 is 1. The van der Waals surface area contributed by atoms with Crippen molar-refractivity contribution in [2.24, 2.45) is 0 Å². The molecule has 0 saturated carbocycles. The topological polar surface area (TPSA) is 38.3 Å². The van der Waals surface area contributed by atoms with Crippen LogP contribution in [0.2, 0.25) is 0 Å². The van der Waals surface area contributed by atoms with Gasteiger partial charge in [-0.1, -0.05) is 12.1 Å². The van der Waals surface area contributed by atoms with E-state index in [0.717, 1.165) is 13.2 Å². The van der Waals surface area contributed by atoms with Gasteiger partial charge in [0.1, 0.15) is 6.04 Å². The smallest absolute Gasteiger partial charge is 0.416 e. The summed E-state index contributed by atoms with van der Waals surface area (Å²) in [5, 5.41) is 2.76. The van der Waals surface area contributed by atoms with Crippen molar-refractivity contribution < 1.29 is 22.7 Å². The number of hydrogen-bond acceptors (Lipinski definition) is 3. The van der Waals surface area contributed by atoms with Crippen LogP contribution in [-0.2, 0) is 22.1 Å². The molecule has 1 atom stereocenters. The van der Waals surface area contributed by atoms with Crippen molar-refractivity contribution in [2.75, 3.05) is 13.7 Å². The molecule has 3 nitrogen and oxygen atoms in total. The first-order valence-corrected chi connectivity index (χ1v) is 5.45. The summed E-state index contributed by atoms with van der Waals surface area (Å²) >= 11 is 0. The van der Waals surface area contributed by atoms with Crippen LogP contribution in [0.5, 0.6) is 0 Å². The Kier molecular flexibility index (Phi) is 3.30. The lowest BCUT2D eigenvalue weighted by atomic mass is 9.89. The first-order chi connectivity index (χ1) is 8.45. The number of alkyl halides is 3. The first kappa shape index (κ1) is 12.9. The fourth-order valence-electron chi connectivity index (χ4n) is 2.19. The zero-order valence-corrected chi connectivity index (χ0v) is 9.67. The molecule has 1 heterocycles. The number of carbonyl (C=O) groups is 1. The van der Waals surface area contributed by atoms with E-state index in [-0.39, 0.29) is 5.56 Å². The molecule has 0 radical (unpaired) electrons. The Bertz CT molecular complexity index is 471. The minimum Gasteiger partial charge on any atom is -0.468 e. The normalized spacial score (nSPS) is 19.2. The van der Waals surface area contributed by atoms with Gasteiger partial charge in [0.05, 0.1) is 12.7 Å². The van der Waals surface area contributed by atoms with E-state index in [2.05, 4.69) is 10.1 Å². The highest BCUT2D eigenvalue weighted by Crippen LogP contribution is 2.38. The Morgan fingerprint density at radius 3 is 2.78 bits per heavy atom. The maximum Gasteiger partial charge on any atom is 0.416 e. The average Bonchev–Trinajstić information content (AvgIpc) is 2.35. The number of nitrogens with one attached hydrogen (secondary N) is 1. The predicted molar refractivity (Wildman–Crippen MR) is 57.9 cm³/mol. The lowest BCUT2D eigenvalue weighted by Crippen LogP contribution is -2.37. The van der Waals surface area contributed by atoms with Crippen molar-refractivity contribution in [3.05, 3.63) is 34.9 Å². The highest BCUT2D eigenvalue weighted by atomic mass is 19.4. The fourth-order valence-corrected chi connectivity index (χ4v) is 2.19. The SMILES string of the molecule is COC(=O)C1NCCc2cccc(C(F)(F)F)c21. The number of benzene rings is 1. The Morgan fingerprint density at radius 2 is 2.17 bits per heavy atom. The van der Waals surface area contributed by atoms with Crippen LogP contribution in [0.25, 0.3) is 0 Å². The van der Waals surface area contributed by atoms with Crippen molar-refractivity contribution >= 4 is 5.97 Å². The monoisotopic (exact) mass is 259 g/mol. The molecule has 1 aliphatic rings. The zero-order chi connectivity index (χ0) is 13.3. The molecular formula is C12H12F3NO2. The van der Waals surface area contributed by atoms with Crippen molar-refractivity contribution in [1.82, 2.24) is 5.32 Å². The summed E-state index contributed by atoms with van der Waals surface area (Å²) in [4.78, 5) is 11.6. The van der Waals surface area contributed by atoms with Gasteiger partial charge in [0.25, 0.3) is 0 Å². The third-order valence-corrected chi connectivity index (χ3v) is 2.97. The maximum atomic E-state index is 12.9. The molecule has 1 aliphatic heterocycles. The van der Waals surface area contributed by atoms with Crippen LogP contribution in [0.3, 0.4) is 0 Å². The molecule has 0 fully saturated rings. The van der Waals surface area contributed by atoms with Gasteiger partial charge < -0.3 is 10.1 Å². The summed E-state index contributed by atoms with van der Waals surface area (Å²) in [7, 11) is 1.16. The summed E-state index contributed by atoms with van der Waals surface area (Å²) in [6.45, 7) is 0.452. The summed E-state index contributed by atoms with van der Waals surface area (Å²) in [6, 6.07) is 2.92. The van der Waals surface area contributed by atoms with Gasteiger partial charge in [0.15, 0.2) is 0 Å². The third kappa shape index (κ3) is 2.20. The van der Waals surface area contributed by atoms with E-state index < -0.39 is 23.8 Å². The van der Waals surface area contributed by atoms with Crippen LogP contribution < -0.4 is 5.32 Å². The number of fused-ring (bicyclic) bond motifs is 1. The number of hydrogen-bond donors (Lipinski definition) is 1. The summed E-state index contributed by atoms with van der Waals surface area (Å²) in [6.07, 6.45) is -4.01. The van der Waals surface area contributed by atoms with E-state index in [1.807, 2.05) is 0 Å². The van der Waals surface area contributed by atoms with Crippen LogP contribution in [0.1, 0.15) is 22.7 Å². The van der Waals surface area contributed by atoms with Gasteiger partial charge in [-0.2, -0.15) is 13.2 Å². The lowest BCUT2D eigenvalue weighted by Gasteiger charge is -2.28. The molecule has 0 aliphatic carbocycles. The van der Waals surface area contributed by atoms with Crippen molar-refractivity contribution in [1.29, 1.82) is 0 Å². The minimum atomic E-state index is -4.48. The Morgan fingerprint density at radius 1 is 1.44 bits per heavy atom. The minimum absolute atomic E-state index is 0.0110. The predicted octanol–water partition coefficient (Wildman–Crippen LogP) is 2.07. The van der Waals surface area contributed by atoms with E-state index in [4.69, 9.17) is 0 Å². The zero-order valence-electron chi connectivity index (χ0n) is 9.67. The molecule has 6 heteroatoms. The number of ether oxygens (including phenoxy) is 1. The molecule has 18 heavy (non-hydrogen) atoms. The van der Waals surface area contributed by atoms with Crippen LogP contribution >= 0.6 is 0 Å². The summed E-state index contributed by atoms with van der Waals surface area (Å²) < 4.78 is 43.4. The number of esters is 1. The molecule has 0 bridgehead atoms. The van der Waals surface area contributed by atoms with Gasteiger partial charge >= 0.3 is 12.1 Å². The number of rotatable bonds is 1. The fraction of sp³-hybridized carbons (Fsp3) is 0.417. The average molecular weight is 259 g/mol. The highest BCUT2D eigenvalue weighted by molar-refractivity contribution is 5.79. The van der Waals surface area contributed by atoms with Crippen LogP contribution in [-0.4, -0.2) is 19.6 Å². The molecular weight excluding hydrogens is 247 g/mol. The second kappa shape index (κ2) is 4.61. The largest absolute Gasteiger partial charge is 0.468 e. The second-order valence-corrected chi connectivity index (χ2v) is 4.04. The van der Waals surface area contributed by atoms with E-state index in [1.54, 1.807) is 6.07 Å². The van der Waals surface area contributed by atoms with E-state index in [1.165, 1.54) is 6.07 Å². The molecule has 0 spiro atoms. The second-order valence-electron chi connectivity index (χ2n) is 4.04. The van der Waals surface area contributed by atoms with Gasteiger partial charge in [-0.05, 0) is 23.6 Å². The molecule has 98 valence electrons. The quantitative estimate of drug-likeness (QED) is 0.785. The number of carbonyl (C=O) groups excluding carboxylic acids is 1. The third-order valence-electron chi connectivity index (χ3n) is 2.97. The van der Waals surface area contributed by atoms with Crippen molar-refractivity contribution in [3.8, 4) is 0 Å². The lowest BCUT2D eigenvalue weighted by molar-refractivity contribution is -0.145. The molecule has 1 N–H and O–H groups in total. The summed E-state index contributed by atoms with van der Waals surface area (Å²) in [5.41, 5.74) is -0.246. The highest BCUT2D eigenvalue weighted by Gasteiger charge is 2.39. The molecule has 0 saturated heterocycles. The van der Waals surface area contributed by atoms with Gasteiger partial charge in [-0.3, -0.25) is 0 Å². The van der Waals surface area contributed by atoms with Crippen LogP contribution in [0.4, 0.5) is 13.2 Å². The molecule has 1 aromatic carbocycles. The van der Waals surface area contributed by atoms with Gasteiger partial charge in [-0.25, -0.2) is 4.79 Å². The van der Waals surface area contributed by atoms with Gasteiger partial charge in [0, 0.05) is 6.54 Å². The maximum absolute atomic E-state index is 12.9. The van der Waals surface area contributed by atoms with Crippen LogP contribution in [0, 0.1) is 0 Å². The molecule has 0 amide bonds. The Labute approximate surface area is 102 Å². The Balaban J connectivity index is 2.56. The standard InChI is InChI=1S/C12H12F3NO2/c1-18-11(17)10-9-7(5-6-16-10)3-2-4-8(9)12(13,14)15/h2-4,10,16H,5-6H2,1H3. The van der Waals surface area contributed by atoms with Crippen LogP contribution in [0.15, 0.2) is 18.2 Å². The first-order valence-electron chi connectivity index (χ1n) is 5.45. The van der Waals surface area contributed by atoms with Gasteiger partial charge in [0.2, 0.25) is 0 Å². The molecule has 2 rings (SSSR count). The molecule has 0 aromatic heterocycles. The van der Waals surface area contributed by atoms with E-state index in [0.29, 0.717) is 18.5 Å². The van der Waals surface area contributed by atoms with E-state index >= 15 is 0 Å². The number of halogens is 3. The van der Waals surface area contributed by atoms with Gasteiger partial charge in [-0.15, -0.1) is 0 Å². The van der Waals surface area contributed by atoms with Crippen molar-refractivity contribution in [2.45, 2.75) is 18.6 Å². The van der Waals surface area contributed by atoms with E-state index in [9.17, 15) is 18.0 Å². The molecule has 1 aromatic rings. The Hall–Kier alpha value is -1.56.